The standard InChI is InChI=1S/C22H29FN2O4/c1-13(2)9-18(19-21(27)29-22(3,4)28-19)20(26)25-12-16-10-17(25)11-24(16)15-7-5-14(23)6-8-15/h5-8,13,16-19H,9-12H2,1-4H3/t16-,17-,18-,19-/m0/s1. The molecule has 29 heavy (non-hydrogen) atoms. The van der Waals surface area contributed by atoms with E-state index in [1.165, 1.54) is 12.1 Å². The predicted molar refractivity (Wildman–Crippen MR) is 106 cm³/mol. The van der Waals surface area contributed by atoms with Gasteiger partial charge in [0.1, 0.15) is 5.82 Å². The molecule has 0 N–H and O–H groups in total. The van der Waals surface area contributed by atoms with E-state index >= 15 is 0 Å². The molecule has 3 saturated heterocycles. The molecule has 158 valence electrons. The van der Waals surface area contributed by atoms with Gasteiger partial charge in [0.05, 0.1) is 12.0 Å². The van der Waals surface area contributed by atoms with Gasteiger partial charge >= 0.3 is 5.97 Å². The quantitative estimate of drug-likeness (QED) is 0.707. The van der Waals surface area contributed by atoms with Gasteiger partial charge in [0.25, 0.3) is 0 Å². The Morgan fingerprint density at radius 1 is 1.21 bits per heavy atom. The van der Waals surface area contributed by atoms with E-state index in [-0.39, 0.29) is 29.7 Å². The van der Waals surface area contributed by atoms with Gasteiger partial charge in [0.2, 0.25) is 11.7 Å². The summed E-state index contributed by atoms with van der Waals surface area (Å²) in [5, 5.41) is 0. The first kappa shape index (κ1) is 20.1. The SMILES string of the molecule is CC(C)C[C@H](C(=O)N1C[C@@H]2C[C@H]1CN2c1ccc(F)cc1)[C@@H]1OC(C)(C)OC1=O. The van der Waals surface area contributed by atoms with Crippen LogP contribution in [0, 0.1) is 17.7 Å². The number of fused-ring (bicyclic) bond motifs is 2. The van der Waals surface area contributed by atoms with Crippen molar-refractivity contribution in [3.05, 3.63) is 30.1 Å². The number of hydrogen-bond acceptors (Lipinski definition) is 5. The Labute approximate surface area is 170 Å². The summed E-state index contributed by atoms with van der Waals surface area (Å²) < 4.78 is 24.4. The number of carbonyl (C=O) groups excluding carboxylic acids is 2. The van der Waals surface area contributed by atoms with Crippen molar-refractivity contribution in [2.45, 2.75) is 64.5 Å². The molecule has 0 aromatic heterocycles. The van der Waals surface area contributed by atoms with Crippen LogP contribution in [0.5, 0.6) is 0 Å². The van der Waals surface area contributed by atoms with Crippen molar-refractivity contribution in [1.29, 1.82) is 0 Å². The van der Waals surface area contributed by atoms with Crippen LogP contribution >= 0.6 is 0 Å². The van der Waals surface area contributed by atoms with E-state index in [0.29, 0.717) is 13.0 Å². The normalized spacial score (nSPS) is 28.9. The van der Waals surface area contributed by atoms with Crippen LogP contribution in [0.25, 0.3) is 0 Å². The second-order valence-electron chi connectivity index (χ2n) is 9.26. The molecule has 4 atom stereocenters. The van der Waals surface area contributed by atoms with Crippen LogP contribution in [0.2, 0.25) is 0 Å². The van der Waals surface area contributed by atoms with Crippen LogP contribution < -0.4 is 4.90 Å². The number of likely N-dealkylation sites (tertiary alicyclic amines) is 1. The number of carbonyl (C=O) groups is 2. The van der Waals surface area contributed by atoms with E-state index in [4.69, 9.17) is 9.47 Å². The van der Waals surface area contributed by atoms with E-state index in [9.17, 15) is 14.0 Å². The van der Waals surface area contributed by atoms with Gasteiger partial charge < -0.3 is 19.3 Å². The Kier molecular flexibility index (Phi) is 5.05. The number of esters is 1. The topological polar surface area (TPSA) is 59.1 Å². The van der Waals surface area contributed by atoms with Crippen LogP contribution in [0.3, 0.4) is 0 Å². The highest BCUT2D eigenvalue weighted by molar-refractivity contribution is 5.88. The second-order valence-corrected chi connectivity index (χ2v) is 9.26. The van der Waals surface area contributed by atoms with Gasteiger partial charge in [0, 0.05) is 38.7 Å². The van der Waals surface area contributed by atoms with E-state index in [2.05, 4.69) is 4.90 Å². The molecule has 0 radical (unpaired) electrons. The first-order valence-corrected chi connectivity index (χ1v) is 10.4. The van der Waals surface area contributed by atoms with Gasteiger partial charge in [-0.2, -0.15) is 0 Å². The highest BCUT2D eigenvalue weighted by Crippen LogP contribution is 2.38. The lowest BCUT2D eigenvalue weighted by Crippen LogP contribution is -2.52. The number of nitrogens with zero attached hydrogens (tertiary/aromatic N) is 2. The number of amides is 1. The number of piperazine rings is 1. The largest absolute Gasteiger partial charge is 0.432 e. The molecule has 3 fully saturated rings. The first-order chi connectivity index (χ1) is 13.6. The summed E-state index contributed by atoms with van der Waals surface area (Å²) in [6.07, 6.45) is 0.607. The average molecular weight is 404 g/mol. The molecule has 1 aromatic carbocycles. The molecule has 7 heteroatoms. The predicted octanol–water partition coefficient (Wildman–Crippen LogP) is 2.96. The Morgan fingerprint density at radius 2 is 1.90 bits per heavy atom. The minimum atomic E-state index is -0.999. The van der Waals surface area contributed by atoms with Crippen LogP contribution in [0.4, 0.5) is 10.1 Å². The number of ether oxygens (including phenoxy) is 2. The van der Waals surface area contributed by atoms with Gasteiger partial charge in [-0.3, -0.25) is 4.79 Å². The molecule has 6 nitrogen and oxygen atoms in total. The second kappa shape index (κ2) is 7.27. The number of hydrogen-bond donors (Lipinski definition) is 0. The molecule has 3 heterocycles. The summed E-state index contributed by atoms with van der Waals surface area (Å²) >= 11 is 0. The number of benzene rings is 1. The molecule has 0 spiro atoms. The highest BCUT2D eigenvalue weighted by atomic mass is 19.1. The smallest absolute Gasteiger partial charge is 0.338 e. The van der Waals surface area contributed by atoms with Crippen LogP contribution in [-0.4, -0.2) is 53.8 Å². The summed E-state index contributed by atoms with van der Waals surface area (Å²) in [7, 11) is 0. The van der Waals surface area contributed by atoms with E-state index < -0.39 is 23.8 Å². The molecule has 1 amide bonds. The fourth-order valence-corrected chi connectivity index (χ4v) is 4.89. The third-order valence-corrected chi connectivity index (χ3v) is 6.08. The van der Waals surface area contributed by atoms with E-state index in [0.717, 1.165) is 18.7 Å². The lowest BCUT2D eigenvalue weighted by molar-refractivity contribution is -0.163. The average Bonchev–Trinajstić information content (AvgIpc) is 3.31. The Balaban J connectivity index is 1.49. The molecule has 4 rings (SSSR count). The highest BCUT2D eigenvalue weighted by Gasteiger charge is 2.52. The van der Waals surface area contributed by atoms with Crippen molar-refractivity contribution in [1.82, 2.24) is 4.90 Å². The summed E-state index contributed by atoms with van der Waals surface area (Å²) in [6, 6.07) is 6.81. The van der Waals surface area contributed by atoms with E-state index in [1.807, 2.05) is 18.7 Å². The van der Waals surface area contributed by atoms with Crippen molar-refractivity contribution >= 4 is 17.6 Å². The zero-order valence-electron chi connectivity index (χ0n) is 17.4. The van der Waals surface area contributed by atoms with Gasteiger partial charge in [-0.15, -0.1) is 0 Å². The van der Waals surface area contributed by atoms with Crippen molar-refractivity contribution in [2.24, 2.45) is 11.8 Å². The zero-order chi connectivity index (χ0) is 20.9. The monoisotopic (exact) mass is 404 g/mol. The molecule has 3 aliphatic heterocycles. The third kappa shape index (κ3) is 3.84. The van der Waals surface area contributed by atoms with Crippen LogP contribution in [0.1, 0.15) is 40.5 Å². The van der Waals surface area contributed by atoms with Crippen molar-refractivity contribution in [2.75, 3.05) is 18.0 Å². The molecule has 0 saturated carbocycles. The molecule has 0 unspecified atom stereocenters. The minimum absolute atomic E-state index is 0.0235. The maximum Gasteiger partial charge on any atom is 0.338 e. The fraction of sp³-hybridized carbons (Fsp3) is 0.636. The molecule has 2 bridgehead atoms. The Hall–Kier alpha value is -2.15. The van der Waals surface area contributed by atoms with Gasteiger partial charge in [-0.1, -0.05) is 13.8 Å². The number of rotatable bonds is 5. The molecule has 0 aliphatic carbocycles. The molecular weight excluding hydrogens is 375 g/mol. The number of anilines is 1. The first-order valence-electron chi connectivity index (χ1n) is 10.4. The lowest BCUT2D eigenvalue weighted by atomic mass is 9.90. The maximum absolute atomic E-state index is 13.5. The van der Waals surface area contributed by atoms with Crippen molar-refractivity contribution in [3.63, 3.8) is 0 Å². The summed E-state index contributed by atoms with van der Waals surface area (Å²) in [4.78, 5) is 30.0. The van der Waals surface area contributed by atoms with Crippen LogP contribution in [-0.2, 0) is 19.1 Å². The Morgan fingerprint density at radius 3 is 2.41 bits per heavy atom. The molecule has 1 aromatic rings. The van der Waals surface area contributed by atoms with Crippen molar-refractivity contribution in [3.8, 4) is 0 Å². The lowest BCUT2D eigenvalue weighted by Gasteiger charge is -2.38. The summed E-state index contributed by atoms with van der Waals surface area (Å²) in [5.41, 5.74) is 0.981. The summed E-state index contributed by atoms with van der Waals surface area (Å²) in [5.74, 6) is -2.02. The Bertz CT molecular complexity index is 795. The molecule has 3 aliphatic rings. The van der Waals surface area contributed by atoms with Crippen LogP contribution in [0.15, 0.2) is 24.3 Å². The van der Waals surface area contributed by atoms with Gasteiger partial charge in [-0.05, 0) is 43.0 Å². The van der Waals surface area contributed by atoms with Gasteiger partial charge in [0.15, 0.2) is 6.10 Å². The maximum atomic E-state index is 13.5. The zero-order valence-corrected chi connectivity index (χ0v) is 17.4. The van der Waals surface area contributed by atoms with E-state index in [1.54, 1.807) is 26.0 Å². The minimum Gasteiger partial charge on any atom is -0.432 e. The number of cyclic esters (lactones) is 1. The molecular formula is C22H29FN2O4. The fourth-order valence-electron chi connectivity index (χ4n) is 4.89. The summed E-state index contributed by atoms with van der Waals surface area (Å²) in [6.45, 7) is 8.80. The van der Waals surface area contributed by atoms with Crippen molar-refractivity contribution < 1.29 is 23.5 Å². The van der Waals surface area contributed by atoms with Gasteiger partial charge in [-0.25, -0.2) is 9.18 Å². The third-order valence-electron chi connectivity index (χ3n) is 6.08. The number of halogens is 1.